The van der Waals surface area contributed by atoms with Crippen LogP contribution in [0.2, 0.25) is 5.02 Å². The monoisotopic (exact) mass is 488 g/mol. The summed E-state index contributed by atoms with van der Waals surface area (Å²) in [7, 11) is 0. The van der Waals surface area contributed by atoms with Gasteiger partial charge in [0.1, 0.15) is 5.82 Å². The highest BCUT2D eigenvalue weighted by atomic mass is 35.5. The molecule has 0 fully saturated rings. The molecule has 0 spiro atoms. The molecule has 33 heavy (non-hydrogen) atoms. The molecule has 1 aliphatic heterocycles. The van der Waals surface area contributed by atoms with Crippen molar-refractivity contribution in [3.8, 4) is 0 Å². The van der Waals surface area contributed by atoms with E-state index in [1.807, 2.05) is 0 Å². The van der Waals surface area contributed by atoms with Crippen LogP contribution in [0.5, 0.6) is 0 Å². The van der Waals surface area contributed by atoms with Crippen LogP contribution in [0.15, 0.2) is 60.7 Å². The van der Waals surface area contributed by atoms with Crippen molar-refractivity contribution in [2.75, 3.05) is 10.2 Å². The maximum Gasteiger partial charge on any atom is 0.411 e. The molecule has 168 valence electrons. The SMILES string of the molecule is Cl.O=C(O)Nc1nc2cc(C3(O)c4ccccc4C(=O)N3c3cc(F)cc(Cl)c3)ccc2[nH]1. The summed E-state index contributed by atoms with van der Waals surface area (Å²) >= 11 is 6.02. The van der Waals surface area contributed by atoms with Gasteiger partial charge in [-0.3, -0.25) is 15.0 Å². The van der Waals surface area contributed by atoms with Gasteiger partial charge >= 0.3 is 6.09 Å². The van der Waals surface area contributed by atoms with Crippen LogP contribution in [-0.4, -0.2) is 32.2 Å². The topological polar surface area (TPSA) is 119 Å². The van der Waals surface area contributed by atoms with E-state index in [9.17, 15) is 19.1 Å². The van der Waals surface area contributed by atoms with E-state index >= 15 is 0 Å². The third-order valence-electron chi connectivity index (χ3n) is 5.28. The van der Waals surface area contributed by atoms with Gasteiger partial charge in [-0.2, -0.15) is 0 Å². The van der Waals surface area contributed by atoms with Crippen LogP contribution in [0.3, 0.4) is 0 Å². The Labute approximate surface area is 197 Å². The van der Waals surface area contributed by atoms with E-state index in [4.69, 9.17) is 16.7 Å². The van der Waals surface area contributed by atoms with Crippen LogP contribution < -0.4 is 10.2 Å². The lowest BCUT2D eigenvalue weighted by molar-refractivity contribution is 0.0704. The molecule has 3 aromatic carbocycles. The molecule has 11 heteroatoms. The number of anilines is 2. The predicted molar refractivity (Wildman–Crippen MR) is 123 cm³/mol. The molecular weight excluding hydrogens is 474 g/mol. The molecule has 1 aromatic heterocycles. The number of aromatic amines is 1. The number of carbonyl (C=O) groups excluding carboxylic acids is 1. The van der Waals surface area contributed by atoms with E-state index in [2.05, 4.69) is 15.3 Å². The number of hydrogen-bond donors (Lipinski definition) is 4. The van der Waals surface area contributed by atoms with E-state index in [1.165, 1.54) is 12.1 Å². The number of rotatable bonds is 3. The van der Waals surface area contributed by atoms with Gasteiger partial charge in [-0.25, -0.2) is 14.2 Å². The number of nitrogens with zero attached hydrogens (tertiary/aromatic N) is 2. The molecule has 1 aliphatic rings. The van der Waals surface area contributed by atoms with E-state index < -0.39 is 23.5 Å². The molecule has 0 bridgehead atoms. The van der Waals surface area contributed by atoms with Gasteiger partial charge in [0.05, 0.1) is 16.7 Å². The van der Waals surface area contributed by atoms with Gasteiger partial charge in [0.25, 0.3) is 5.91 Å². The van der Waals surface area contributed by atoms with Crippen LogP contribution in [0.4, 0.5) is 20.8 Å². The molecule has 0 aliphatic carbocycles. The van der Waals surface area contributed by atoms with Gasteiger partial charge in [0, 0.05) is 21.7 Å². The lowest BCUT2D eigenvalue weighted by atomic mass is 9.93. The van der Waals surface area contributed by atoms with Gasteiger partial charge in [-0.15, -0.1) is 12.4 Å². The summed E-state index contributed by atoms with van der Waals surface area (Å²) in [6, 6.07) is 14.8. The maximum atomic E-state index is 14.1. The molecule has 5 rings (SSSR count). The fourth-order valence-corrected chi connectivity index (χ4v) is 4.22. The second-order valence-corrected chi connectivity index (χ2v) is 7.67. The molecule has 0 saturated heterocycles. The summed E-state index contributed by atoms with van der Waals surface area (Å²) in [5.41, 5.74) is -0.202. The van der Waals surface area contributed by atoms with E-state index in [1.54, 1.807) is 36.4 Å². The van der Waals surface area contributed by atoms with Gasteiger partial charge in [-0.05, 0) is 36.4 Å². The summed E-state index contributed by atoms with van der Waals surface area (Å²) in [4.78, 5) is 32.3. The number of fused-ring (bicyclic) bond motifs is 2. The number of halogens is 3. The first kappa shape index (κ1) is 22.5. The zero-order valence-electron chi connectivity index (χ0n) is 16.5. The molecular formula is C22H15Cl2FN4O4. The van der Waals surface area contributed by atoms with Crippen molar-refractivity contribution in [1.82, 2.24) is 9.97 Å². The van der Waals surface area contributed by atoms with Crippen LogP contribution in [0, 0.1) is 5.82 Å². The molecule has 4 N–H and O–H groups in total. The van der Waals surface area contributed by atoms with Crippen LogP contribution in [-0.2, 0) is 5.72 Å². The first-order valence-electron chi connectivity index (χ1n) is 9.40. The highest BCUT2D eigenvalue weighted by Gasteiger charge is 2.51. The standard InChI is InChI=1S/C22H14ClFN4O4.ClH/c23-12-8-13(24)10-14(9-12)28-19(29)15-3-1-2-4-16(15)22(28,32)11-5-6-17-18(7-11)26-20(25-17)27-21(30)31;/h1-10,32H,(H,30,31)(H2,25,26,27);1H. The highest BCUT2D eigenvalue weighted by molar-refractivity contribution is 6.31. The summed E-state index contributed by atoms with van der Waals surface area (Å²) in [6.45, 7) is 0. The molecule has 1 atom stereocenters. The molecule has 2 amide bonds. The van der Waals surface area contributed by atoms with Gasteiger partial charge in [0.2, 0.25) is 5.95 Å². The normalized spacial score (nSPS) is 17.1. The second kappa shape index (κ2) is 8.04. The summed E-state index contributed by atoms with van der Waals surface area (Å²) in [6.07, 6.45) is -1.28. The number of aliphatic hydroxyl groups is 1. The Hall–Kier alpha value is -3.66. The Balaban J connectivity index is 0.00000259. The van der Waals surface area contributed by atoms with Crippen LogP contribution in [0.1, 0.15) is 21.5 Å². The fourth-order valence-electron chi connectivity index (χ4n) is 4.00. The quantitative estimate of drug-likeness (QED) is 0.332. The summed E-state index contributed by atoms with van der Waals surface area (Å²) in [5, 5.41) is 23.1. The second-order valence-electron chi connectivity index (χ2n) is 7.23. The number of carbonyl (C=O) groups is 2. The van der Waals surface area contributed by atoms with Crippen molar-refractivity contribution in [1.29, 1.82) is 0 Å². The van der Waals surface area contributed by atoms with E-state index in [0.717, 1.165) is 17.0 Å². The molecule has 0 saturated carbocycles. The van der Waals surface area contributed by atoms with Crippen molar-refractivity contribution >= 4 is 58.7 Å². The lowest BCUT2D eigenvalue weighted by Crippen LogP contribution is -2.45. The van der Waals surface area contributed by atoms with E-state index in [-0.39, 0.29) is 40.2 Å². The van der Waals surface area contributed by atoms with Crippen molar-refractivity contribution < 1.29 is 24.2 Å². The average molecular weight is 489 g/mol. The maximum absolute atomic E-state index is 14.1. The fraction of sp³-hybridized carbons (Fsp3) is 0.0455. The smallest absolute Gasteiger partial charge is 0.411 e. The van der Waals surface area contributed by atoms with Gasteiger partial charge in [0.15, 0.2) is 5.72 Å². The zero-order valence-corrected chi connectivity index (χ0v) is 18.1. The number of amides is 2. The summed E-state index contributed by atoms with van der Waals surface area (Å²) < 4.78 is 14.1. The van der Waals surface area contributed by atoms with Gasteiger partial charge < -0.3 is 15.2 Å². The Morgan fingerprint density at radius 1 is 1.15 bits per heavy atom. The lowest BCUT2D eigenvalue weighted by Gasteiger charge is -2.35. The molecule has 8 nitrogen and oxygen atoms in total. The number of imidazole rings is 1. The molecule has 4 aromatic rings. The Kier molecular flexibility index (Phi) is 5.49. The molecule has 0 radical (unpaired) electrons. The number of benzene rings is 3. The largest absolute Gasteiger partial charge is 0.465 e. The minimum Gasteiger partial charge on any atom is -0.465 e. The average Bonchev–Trinajstić information content (AvgIpc) is 3.23. The third-order valence-corrected chi connectivity index (χ3v) is 5.49. The molecule has 2 heterocycles. The third kappa shape index (κ3) is 3.56. The van der Waals surface area contributed by atoms with Crippen LogP contribution >= 0.6 is 24.0 Å². The Morgan fingerprint density at radius 2 is 1.91 bits per heavy atom. The minimum atomic E-state index is -1.99. The van der Waals surface area contributed by atoms with Crippen molar-refractivity contribution in [3.05, 3.63) is 88.2 Å². The Bertz CT molecular complexity index is 1410. The first-order chi connectivity index (χ1) is 15.3. The van der Waals surface area contributed by atoms with E-state index in [0.29, 0.717) is 16.6 Å². The van der Waals surface area contributed by atoms with Crippen molar-refractivity contribution in [2.45, 2.75) is 5.72 Å². The number of H-pyrrole nitrogens is 1. The first-order valence-corrected chi connectivity index (χ1v) is 9.78. The zero-order chi connectivity index (χ0) is 22.6. The Morgan fingerprint density at radius 3 is 2.64 bits per heavy atom. The summed E-state index contributed by atoms with van der Waals surface area (Å²) in [5.74, 6) is -1.18. The van der Waals surface area contributed by atoms with Crippen molar-refractivity contribution in [3.63, 3.8) is 0 Å². The van der Waals surface area contributed by atoms with Crippen molar-refractivity contribution in [2.24, 2.45) is 0 Å². The number of carboxylic acid groups (broad SMARTS) is 1. The van der Waals surface area contributed by atoms with Crippen LogP contribution in [0.25, 0.3) is 11.0 Å². The van der Waals surface area contributed by atoms with Gasteiger partial charge in [-0.1, -0.05) is 35.9 Å². The minimum absolute atomic E-state index is 0. The number of hydrogen-bond acceptors (Lipinski definition) is 4. The molecule has 1 unspecified atom stereocenters. The number of aromatic nitrogens is 2. The number of nitrogens with one attached hydrogen (secondary N) is 2. The predicted octanol–water partition coefficient (Wildman–Crippen LogP) is 4.72. The highest BCUT2D eigenvalue weighted by Crippen LogP contribution is 2.45.